The quantitative estimate of drug-likeness (QED) is 0.211. The third kappa shape index (κ3) is 8.79. The summed E-state index contributed by atoms with van der Waals surface area (Å²) in [5.74, 6) is -2.51. The number of oxime groups is 1. The summed E-state index contributed by atoms with van der Waals surface area (Å²) < 4.78 is 53.1. The number of hydrogen-bond donors (Lipinski definition) is 3. The molecule has 2 heterocycles. The molecule has 1 aromatic carbocycles. The number of amides is 4. The molecule has 2 aliphatic heterocycles. The molecular formula is C37H50FN5O9S. The highest BCUT2D eigenvalue weighted by atomic mass is 32.2. The highest BCUT2D eigenvalue weighted by Gasteiger charge is 2.62. The predicted molar refractivity (Wildman–Crippen MR) is 192 cm³/mol. The topological polar surface area (TPSA) is 182 Å². The molecule has 5 atom stereocenters. The number of nitrogens with zero attached hydrogens (tertiary/aromatic N) is 2. The summed E-state index contributed by atoms with van der Waals surface area (Å²) in [6, 6.07) is 1.80. The Morgan fingerprint density at radius 1 is 1.13 bits per heavy atom. The van der Waals surface area contributed by atoms with Gasteiger partial charge in [-0.3, -0.25) is 19.1 Å². The van der Waals surface area contributed by atoms with Gasteiger partial charge in [0, 0.05) is 18.4 Å². The Balaban J connectivity index is 1.25. The Kier molecular flexibility index (Phi) is 11.1. The lowest BCUT2D eigenvalue weighted by molar-refractivity contribution is -0.143. The fourth-order valence-electron chi connectivity index (χ4n) is 7.43. The van der Waals surface area contributed by atoms with E-state index < -0.39 is 80.0 Å². The van der Waals surface area contributed by atoms with Crippen molar-refractivity contribution in [3.8, 4) is 5.75 Å². The smallest absolute Gasteiger partial charge is 0.408 e. The number of rotatable bonds is 12. The molecule has 4 amide bonds. The third-order valence-electron chi connectivity index (χ3n) is 10.7. The second-order valence-corrected chi connectivity index (χ2v) is 17.9. The number of carbonyl (C=O) groups excluding carboxylic acids is 4. The van der Waals surface area contributed by atoms with Crippen LogP contribution in [0, 0.1) is 17.2 Å². The Morgan fingerprint density at radius 2 is 1.87 bits per heavy atom. The van der Waals surface area contributed by atoms with E-state index in [0.29, 0.717) is 49.3 Å². The summed E-state index contributed by atoms with van der Waals surface area (Å²) in [5.41, 5.74) is -1.47. The van der Waals surface area contributed by atoms with Crippen molar-refractivity contribution >= 4 is 39.5 Å². The number of fused-ring (bicyclic) bond motifs is 1. The van der Waals surface area contributed by atoms with Crippen molar-refractivity contribution in [2.45, 2.75) is 126 Å². The average molecular weight is 760 g/mol. The molecule has 0 spiro atoms. The van der Waals surface area contributed by atoms with Gasteiger partial charge in [0.25, 0.3) is 5.91 Å². The van der Waals surface area contributed by atoms with E-state index in [4.69, 9.17) is 14.3 Å². The van der Waals surface area contributed by atoms with Gasteiger partial charge in [-0.15, -0.1) is 6.58 Å². The summed E-state index contributed by atoms with van der Waals surface area (Å²) in [6.07, 6.45) is 6.00. The standard InChI is InChI=1S/C37H50FN5O9S/c1-5-9-22-20-37(22,34(46)42-53(48,49)26-13-14-26)40-32(44)29-19-25(52-41-28-16-17-50-30-15-12-23(38)18-27(28)30)21-43(29)33(45)31(36(2,3)4)39-35(47)51-24-10-7-6-8-11-24/h5,12,15,18,22,24-26,29,31H,1,6-11,13-14,16-17,19-21H2,2-4H3,(H,39,47)(H,40,44)(H,42,46)/b41-28+/t22-,25-,29+,31-,37-/m1/s1. The molecule has 53 heavy (non-hydrogen) atoms. The lowest BCUT2D eigenvalue weighted by Crippen LogP contribution is -2.60. The molecule has 14 nitrogen and oxygen atoms in total. The summed E-state index contributed by atoms with van der Waals surface area (Å²) in [6.45, 7) is 9.29. The Labute approximate surface area is 309 Å². The fraction of sp³-hybridized carbons (Fsp3) is 0.649. The first-order chi connectivity index (χ1) is 25.1. The van der Waals surface area contributed by atoms with E-state index in [2.05, 4.69) is 27.1 Å². The lowest BCUT2D eigenvalue weighted by Gasteiger charge is -2.35. The van der Waals surface area contributed by atoms with Gasteiger partial charge in [-0.2, -0.15) is 0 Å². The van der Waals surface area contributed by atoms with Crippen molar-refractivity contribution in [1.82, 2.24) is 20.3 Å². The molecular weight excluding hydrogens is 709 g/mol. The number of allylic oxidation sites excluding steroid dienone is 1. The van der Waals surface area contributed by atoms with Crippen LogP contribution in [0.2, 0.25) is 0 Å². The van der Waals surface area contributed by atoms with Crippen LogP contribution >= 0.6 is 0 Å². The zero-order chi connectivity index (χ0) is 38.1. The van der Waals surface area contributed by atoms with Crippen molar-refractivity contribution in [2.75, 3.05) is 13.2 Å². The molecule has 3 saturated carbocycles. The molecule has 6 rings (SSSR count). The molecule has 5 aliphatic rings. The number of hydrogen-bond acceptors (Lipinski definition) is 10. The second-order valence-electron chi connectivity index (χ2n) is 15.9. The van der Waals surface area contributed by atoms with Crippen LogP contribution in [0.15, 0.2) is 36.0 Å². The minimum atomic E-state index is -3.91. The largest absolute Gasteiger partial charge is 0.492 e. The van der Waals surface area contributed by atoms with Crippen LogP contribution in [0.1, 0.15) is 97.0 Å². The zero-order valence-electron chi connectivity index (χ0n) is 30.5. The molecule has 16 heteroatoms. The van der Waals surface area contributed by atoms with Gasteiger partial charge in [-0.25, -0.2) is 17.6 Å². The molecule has 0 unspecified atom stereocenters. The van der Waals surface area contributed by atoms with Gasteiger partial charge in [0.1, 0.15) is 41.4 Å². The monoisotopic (exact) mass is 759 g/mol. The van der Waals surface area contributed by atoms with Crippen LogP contribution in [-0.2, 0) is 34.0 Å². The maximum atomic E-state index is 14.5. The average Bonchev–Trinajstić information content (AvgIpc) is 4.03. The van der Waals surface area contributed by atoms with Crippen molar-refractivity contribution in [3.05, 3.63) is 42.2 Å². The number of halogens is 1. The lowest BCUT2D eigenvalue weighted by atomic mass is 9.85. The number of nitrogens with one attached hydrogen (secondary N) is 3. The zero-order valence-corrected chi connectivity index (χ0v) is 31.3. The molecule has 3 aliphatic carbocycles. The van der Waals surface area contributed by atoms with Crippen LogP contribution in [0.3, 0.4) is 0 Å². The van der Waals surface area contributed by atoms with Crippen LogP contribution in [0.5, 0.6) is 5.75 Å². The van der Waals surface area contributed by atoms with Crippen LogP contribution in [0.25, 0.3) is 0 Å². The van der Waals surface area contributed by atoms with Crippen LogP contribution in [-0.4, -0.2) is 91.1 Å². The normalized spacial score (nSPS) is 27.1. The highest BCUT2D eigenvalue weighted by Crippen LogP contribution is 2.47. The summed E-state index contributed by atoms with van der Waals surface area (Å²) in [4.78, 5) is 62.7. The fourth-order valence-corrected chi connectivity index (χ4v) is 8.80. The van der Waals surface area contributed by atoms with Gasteiger partial charge in [0.05, 0.1) is 24.1 Å². The van der Waals surface area contributed by atoms with E-state index in [-0.39, 0.29) is 25.5 Å². The summed E-state index contributed by atoms with van der Waals surface area (Å²) >= 11 is 0. The van der Waals surface area contributed by atoms with Gasteiger partial charge in [-0.05, 0) is 80.9 Å². The van der Waals surface area contributed by atoms with Crippen molar-refractivity contribution in [1.29, 1.82) is 0 Å². The Hall–Kier alpha value is -4.21. The minimum absolute atomic E-state index is 0.0333. The SMILES string of the molecule is C=CC[C@@H]1C[C@]1(NC(=O)[C@@H]1C[C@@H](O/N=C2\CCOc3ccc(F)cc32)CN1C(=O)[C@@H](NC(=O)OC1CCCCC1)C(C)(C)C)C(=O)NS(=O)(=O)C1CC1. The number of carbonyl (C=O) groups is 4. The second kappa shape index (κ2) is 15.3. The molecule has 0 bridgehead atoms. The molecule has 4 fully saturated rings. The van der Waals surface area contributed by atoms with Crippen molar-refractivity contribution in [2.24, 2.45) is 16.5 Å². The van der Waals surface area contributed by atoms with E-state index in [9.17, 15) is 32.0 Å². The number of alkyl carbamates (subject to hydrolysis) is 1. The first-order valence-corrected chi connectivity index (χ1v) is 20.1. The van der Waals surface area contributed by atoms with Crippen LogP contribution < -0.4 is 20.1 Å². The highest BCUT2D eigenvalue weighted by molar-refractivity contribution is 7.91. The third-order valence-corrected chi connectivity index (χ3v) is 12.5. The molecule has 290 valence electrons. The first-order valence-electron chi connectivity index (χ1n) is 18.5. The van der Waals surface area contributed by atoms with Gasteiger partial charge in [-0.1, -0.05) is 38.4 Å². The number of likely N-dealkylation sites (tertiary alicyclic amines) is 1. The van der Waals surface area contributed by atoms with E-state index >= 15 is 0 Å². The summed E-state index contributed by atoms with van der Waals surface area (Å²) in [7, 11) is -3.91. The van der Waals surface area contributed by atoms with Gasteiger partial charge < -0.3 is 29.8 Å². The van der Waals surface area contributed by atoms with Crippen molar-refractivity contribution < 1.29 is 46.3 Å². The van der Waals surface area contributed by atoms with E-state index in [1.165, 1.54) is 23.1 Å². The van der Waals surface area contributed by atoms with Gasteiger partial charge in [0.2, 0.25) is 21.8 Å². The predicted octanol–water partition coefficient (Wildman–Crippen LogP) is 3.83. The Morgan fingerprint density at radius 3 is 2.55 bits per heavy atom. The number of sulfonamides is 1. The molecule has 3 N–H and O–H groups in total. The molecule has 0 aromatic heterocycles. The number of ether oxygens (including phenoxy) is 2. The molecule has 0 radical (unpaired) electrons. The molecule has 1 saturated heterocycles. The van der Waals surface area contributed by atoms with E-state index in [1.54, 1.807) is 26.8 Å². The maximum Gasteiger partial charge on any atom is 0.408 e. The number of benzene rings is 1. The minimum Gasteiger partial charge on any atom is -0.492 e. The van der Waals surface area contributed by atoms with E-state index in [1.807, 2.05) is 0 Å². The Bertz CT molecular complexity index is 1750. The first kappa shape index (κ1) is 38.5. The van der Waals surface area contributed by atoms with Gasteiger partial charge in [0.15, 0.2) is 0 Å². The van der Waals surface area contributed by atoms with Crippen LogP contribution in [0.4, 0.5) is 9.18 Å². The van der Waals surface area contributed by atoms with Crippen molar-refractivity contribution in [3.63, 3.8) is 0 Å². The molecule has 1 aromatic rings. The maximum absolute atomic E-state index is 14.5. The van der Waals surface area contributed by atoms with Gasteiger partial charge >= 0.3 is 6.09 Å². The summed E-state index contributed by atoms with van der Waals surface area (Å²) in [5, 5.41) is 9.24. The van der Waals surface area contributed by atoms with E-state index in [0.717, 1.165) is 32.1 Å².